The van der Waals surface area contributed by atoms with Gasteiger partial charge in [0.25, 0.3) is 0 Å². The molecule has 1 nitrogen and oxygen atoms in total. The first-order valence-corrected chi connectivity index (χ1v) is 4.78. The molecule has 0 radical (unpaired) electrons. The zero-order valence-corrected chi connectivity index (χ0v) is 5.85. The molecule has 0 spiro atoms. The Bertz CT molecular complexity index is 29.0. The lowest BCUT2D eigenvalue weighted by atomic mass is 11.0. The third kappa shape index (κ3) is 49.1. The predicted molar refractivity (Wildman–Crippen MR) is 70.9 cm³/mol. The highest BCUT2D eigenvalue weighted by Crippen LogP contribution is 1.86. The molecule has 86 valence electrons. The lowest BCUT2D eigenvalue weighted by molar-refractivity contribution is 0.425. The molecular formula is C10H36OSi. The highest BCUT2D eigenvalue weighted by molar-refractivity contribution is 6.49. The topological polar surface area (TPSA) is 9.23 Å². The molecule has 0 rings (SSSR count). The van der Waals surface area contributed by atoms with E-state index in [1.165, 1.54) is 6.04 Å². The Hall–Kier alpha value is 0.177. The van der Waals surface area contributed by atoms with Gasteiger partial charge < -0.3 is 4.43 Å². The van der Waals surface area contributed by atoms with Crippen LogP contribution in [0.4, 0.5) is 0 Å². The van der Waals surface area contributed by atoms with Crippen molar-refractivity contribution in [3.63, 3.8) is 0 Å². The molecule has 1 atom stereocenters. The lowest BCUT2D eigenvalue weighted by Gasteiger charge is -1.98. The molecule has 0 saturated heterocycles. The maximum absolute atomic E-state index is 5.04. The molecule has 12 heavy (non-hydrogen) atoms. The molecule has 0 aromatic heterocycles. The quantitative estimate of drug-likeness (QED) is 0.581. The highest BCUT2D eigenvalue weighted by Gasteiger charge is 1.92. The molecule has 0 N–H and O–H groups in total. The third-order valence-electron chi connectivity index (χ3n) is 0.977. The van der Waals surface area contributed by atoms with Crippen LogP contribution >= 0.6 is 0 Å². The fraction of sp³-hybridized carbons (Fsp3) is 1.00. The van der Waals surface area contributed by atoms with E-state index in [0.29, 0.717) is 0 Å². The summed E-state index contributed by atoms with van der Waals surface area (Å²) in [6.45, 7) is 4.36. The molecule has 0 heterocycles. The van der Waals surface area contributed by atoms with E-state index in [2.05, 4.69) is 13.5 Å². The zero-order valence-electron chi connectivity index (χ0n) is 4.69. The van der Waals surface area contributed by atoms with Crippen LogP contribution in [0.1, 0.15) is 51.5 Å². The fourth-order valence-corrected chi connectivity index (χ4v) is 0.500. The van der Waals surface area contributed by atoms with Gasteiger partial charge in [0, 0.05) is 7.11 Å². The molecule has 2 heteroatoms. The summed E-state index contributed by atoms with van der Waals surface area (Å²) in [5, 5.41) is 0. The van der Waals surface area contributed by atoms with E-state index in [0.717, 1.165) is 0 Å². The normalized spacial score (nSPS) is 7.25. The molecule has 0 aromatic rings. The van der Waals surface area contributed by atoms with E-state index in [1.807, 2.05) is 0 Å². The van der Waals surface area contributed by atoms with E-state index in [4.69, 9.17) is 4.43 Å². The minimum Gasteiger partial charge on any atom is -0.423 e. The first-order chi connectivity index (χ1) is 2.81. The summed E-state index contributed by atoms with van der Waals surface area (Å²) in [5.41, 5.74) is 0. The maximum atomic E-state index is 5.04. The van der Waals surface area contributed by atoms with Crippen molar-refractivity contribution < 1.29 is 4.43 Å². The first-order valence-electron chi connectivity index (χ1n) is 2.34. The molecule has 0 aliphatic rings. The van der Waals surface area contributed by atoms with Crippen molar-refractivity contribution in [3.8, 4) is 0 Å². The molecule has 0 fully saturated rings. The van der Waals surface area contributed by atoms with Gasteiger partial charge in [0.1, 0.15) is 0 Å². The van der Waals surface area contributed by atoms with Gasteiger partial charge in [-0.15, -0.1) is 0 Å². The van der Waals surface area contributed by atoms with Crippen LogP contribution in [0.2, 0.25) is 12.6 Å². The smallest absolute Gasteiger partial charge is 0.173 e. The molecule has 0 aromatic carbocycles. The molecule has 0 saturated carbocycles. The van der Waals surface area contributed by atoms with E-state index in [9.17, 15) is 0 Å². The van der Waals surface area contributed by atoms with Crippen LogP contribution in [0.25, 0.3) is 0 Å². The summed E-state index contributed by atoms with van der Waals surface area (Å²) in [6.07, 6.45) is 0. The van der Waals surface area contributed by atoms with E-state index in [1.54, 1.807) is 7.11 Å². The summed E-state index contributed by atoms with van der Waals surface area (Å²) < 4.78 is 5.04. The molecule has 1 unspecified atom stereocenters. The molecule has 0 bridgehead atoms. The number of hydrogen-bond donors (Lipinski definition) is 0. The van der Waals surface area contributed by atoms with Crippen LogP contribution in [0.3, 0.4) is 0 Å². The van der Waals surface area contributed by atoms with Crippen LogP contribution in [-0.2, 0) is 4.43 Å². The third-order valence-corrected chi connectivity index (χ3v) is 2.93. The van der Waals surface area contributed by atoms with Gasteiger partial charge in [0.05, 0.1) is 0 Å². The second-order valence-electron chi connectivity index (χ2n) is 1.45. The van der Waals surface area contributed by atoms with Gasteiger partial charge in [0.15, 0.2) is 9.04 Å². The Kier molecular flexibility index (Phi) is 204. The summed E-state index contributed by atoms with van der Waals surface area (Å²) >= 11 is 0. The van der Waals surface area contributed by atoms with E-state index < -0.39 is 9.04 Å². The van der Waals surface area contributed by atoms with Crippen molar-refractivity contribution in [2.75, 3.05) is 7.11 Å². The predicted octanol–water partition coefficient (Wildman–Crippen LogP) is 4.82. The van der Waals surface area contributed by atoms with Crippen molar-refractivity contribution >= 4 is 9.04 Å². The van der Waals surface area contributed by atoms with E-state index >= 15 is 0 Å². The minimum atomic E-state index is -0.660. The molecule has 0 aliphatic heterocycles. The SMILES string of the molecule is C.C.C.C.C.C.CC[SiH](C)OC. The fourth-order valence-electron chi connectivity index (χ4n) is 0.167. The Labute approximate surface area is 85.3 Å². The van der Waals surface area contributed by atoms with E-state index in [-0.39, 0.29) is 44.6 Å². The highest BCUT2D eigenvalue weighted by atomic mass is 28.3. The van der Waals surface area contributed by atoms with Gasteiger partial charge in [-0.25, -0.2) is 0 Å². The second-order valence-corrected chi connectivity index (χ2v) is 4.36. The monoisotopic (exact) mass is 200 g/mol. The van der Waals surface area contributed by atoms with Crippen LogP contribution < -0.4 is 0 Å². The summed E-state index contributed by atoms with van der Waals surface area (Å²) in [6, 6.07) is 1.25. The van der Waals surface area contributed by atoms with Crippen LogP contribution in [-0.4, -0.2) is 16.2 Å². The lowest BCUT2D eigenvalue weighted by Crippen LogP contribution is -2.06. The van der Waals surface area contributed by atoms with Gasteiger partial charge in [-0.2, -0.15) is 0 Å². The average molecular weight is 200 g/mol. The Morgan fingerprint density at radius 3 is 1.17 bits per heavy atom. The van der Waals surface area contributed by atoms with Crippen molar-refractivity contribution in [2.24, 2.45) is 0 Å². The first kappa shape index (κ1) is 56.8. The van der Waals surface area contributed by atoms with Gasteiger partial charge in [-0.05, 0) is 12.6 Å². The molecule has 0 aliphatic carbocycles. The van der Waals surface area contributed by atoms with Crippen molar-refractivity contribution in [1.82, 2.24) is 0 Å². The average Bonchev–Trinajstić information content (AvgIpc) is 1.65. The summed E-state index contributed by atoms with van der Waals surface area (Å²) in [7, 11) is 1.13. The van der Waals surface area contributed by atoms with Crippen molar-refractivity contribution in [1.29, 1.82) is 0 Å². The van der Waals surface area contributed by atoms with Crippen LogP contribution in [0.15, 0.2) is 0 Å². The van der Waals surface area contributed by atoms with Gasteiger partial charge in [0.2, 0.25) is 0 Å². The molecule has 0 amide bonds. The zero-order chi connectivity index (χ0) is 4.99. The Morgan fingerprint density at radius 1 is 0.917 bits per heavy atom. The Balaban J connectivity index is -0.00000000833. The number of hydrogen-bond acceptors (Lipinski definition) is 1. The largest absolute Gasteiger partial charge is 0.423 e. The van der Waals surface area contributed by atoms with Gasteiger partial charge in [-0.1, -0.05) is 51.5 Å². The standard InChI is InChI=1S/C4H12OSi.6CH4/c1-4-6(3)5-2;;;;;;/h6H,4H2,1-3H3;6*1H4. The summed E-state index contributed by atoms with van der Waals surface area (Å²) in [4.78, 5) is 0. The van der Waals surface area contributed by atoms with Gasteiger partial charge in [-0.3, -0.25) is 0 Å². The van der Waals surface area contributed by atoms with Crippen molar-refractivity contribution in [3.05, 3.63) is 0 Å². The Morgan fingerprint density at radius 2 is 1.17 bits per heavy atom. The minimum absolute atomic E-state index is 0. The van der Waals surface area contributed by atoms with Gasteiger partial charge >= 0.3 is 0 Å². The second kappa shape index (κ2) is 43.2. The van der Waals surface area contributed by atoms with Crippen LogP contribution in [0.5, 0.6) is 0 Å². The summed E-state index contributed by atoms with van der Waals surface area (Å²) in [5.74, 6) is 0. The molecular weight excluding hydrogens is 164 g/mol. The maximum Gasteiger partial charge on any atom is 0.173 e. The number of rotatable bonds is 2. The van der Waals surface area contributed by atoms with Crippen LogP contribution in [0, 0.1) is 0 Å². The van der Waals surface area contributed by atoms with Crippen molar-refractivity contribution in [2.45, 2.75) is 64.1 Å².